The normalized spacial score (nSPS) is 11.7. The van der Waals surface area contributed by atoms with Crippen molar-refractivity contribution in [2.24, 2.45) is 5.92 Å². The molecule has 11 heteroatoms. The fourth-order valence-electron chi connectivity index (χ4n) is 3.54. The van der Waals surface area contributed by atoms with E-state index in [0.29, 0.717) is 12.5 Å². The molecule has 0 aliphatic carbocycles. The number of anilines is 1. The van der Waals surface area contributed by atoms with Crippen LogP contribution in [0.4, 0.5) is 5.69 Å². The van der Waals surface area contributed by atoms with E-state index in [2.05, 4.69) is 39.5 Å². The Hall–Kier alpha value is -4.28. The van der Waals surface area contributed by atoms with Crippen LogP contribution in [0.2, 0.25) is 0 Å². The van der Waals surface area contributed by atoms with Gasteiger partial charge in [0.1, 0.15) is 18.3 Å². The molecule has 0 radical (unpaired) electrons. The van der Waals surface area contributed by atoms with E-state index in [9.17, 15) is 24.0 Å². The Bertz CT molecular complexity index is 1170. The Balaban J connectivity index is 2.13. The molecular weight excluding hydrogens is 490 g/mol. The summed E-state index contributed by atoms with van der Waals surface area (Å²) in [5, 5.41) is 8.04. The molecule has 0 saturated heterocycles. The molecule has 2 aromatic rings. The molecule has 0 bridgehead atoms. The largest absolute Gasteiger partial charge is 0.466 e. The molecule has 3 N–H and O–H groups in total. The standard InChI is InChI=1S/C27H35N5O6/c1-4-19(5-2)16-29-23(33)18-32-15-9-12-22(27(32)37)31-26(36)21(11-6-7-13-24(34)38-3)30-25(35)20-10-8-14-28-17-20/h7-10,12-15,17,19,21H,4-6,11,16,18H2,1-3H3,(H,29,33)(H,30,35)(H,31,36)/b13-7+/t21-/m0/s1. The van der Waals surface area contributed by atoms with E-state index in [1.807, 2.05) is 0 Å². The number of nitrogens with one attached hydrogen (secondary N) is 3. The number of esters is 1. The van der Waals surface area contributed by atoms with Crippen molar-refractivity contribution in [2.45, 2.75) is 52.1 Å². The van der Waals surface area contributed by atoms with Crippen molar-refractivity contribution in [1.82, 2.24) is 20.2 Å². The summed E-state index contributed by atoms with van der Waals surface area (Å²) >= 11 is 0. The van der Waals surface area contributed by atoms with Crippen LogP contribution in [0.5, 0.6) is 0 Å². The highest BCUT2D eigenvalue weighted by molar-refractivity contribution is 6.01. The van der Waals surface area contributed by atoms with E-state index in [1.54, 1.807) is 18.2 Å². The number of aromatic nitrogens is 2. The van der Waals surface area contributed by atoms with Gasteiger partial charge >= 0.3 is 5.97 Å². The number of carbonyl (C=O) groups excluding carboxylic acids is 4. The first-order chi connectivity index (χ1) is 18.3. The summed E-state index contributed by atoms with van der Waals surface area (Å²) < 4.78 is 5.76. The molecule has 2 heterocycles. The monoisotopic (exact) mass is 525 g/mol. The summed E-state index contributed by atoms with van der Waals surface area (Å²) in [5.41, 5.74) is -0.325. The quantitative estimate of drug-likeness (QED) is 0.252. The van der Waals surface area contributed by atoms with Crippen molar-refractivity contribution in [3.8, 4) is 0 Å². The van der Waals surface area contributed by atoms with Gasteiger partial charge in [-0.1, -0.05) is 32.8 Å². The molecule has 11 nitrogen and oxygen atoms in total. The minimum absolute atomic E-state index is 0.0315. The van der Waals surface area contributed by atoms with Crippen molar-refractivity contribution in [1.29, 1.82) is 0 Å². The molecule has 0 fully saturated rings. The Morgan fingerprint density at radius 3 is 2.55 bits per heavy atom. The molecule has 204 valence electrons. The van der Waals surface area contributed by atoms with Crippen LogP contribution in [0.15, 0.2) is 59.8 Å². The van der Waals surface area contributed by atoms with E-state index in [0.717, 1.165) is 12.8 Å². The van der Waals surface area contributed by atoms with Gasteiger partial charge in [-0.05, 0) is 43.0 Å². The molecule has 38 heavy (non-hydrogen) atoms. The second-order valence-electron chi connectivity index (χ2n) is 8.60. The van der Waals surface area contributed by atoms with E-state index >= 15 is 0 Å². The van der Waals surface area contributed by atoms with Gasteiger partial charge in [0.25, 0.3) is 11.5 Å². The highest BCUT2D eigenvalue weighted by Gasteiger charge is 2.22. The van der Waals surface area contributed by atoms with Crippen molar-refractivity contribution < 1.29 is 23.9 Å². The summed E-state index contributed by atoms with van der Waals surface area (Å²) in [6.45, 7) is 4.44. The summed E-state index contributed by atoms with van der Waals surface area (Å²) in [6.07, 6.45) is 9.40. The van der Waals surface area contributed by atoms with Crippen molar-refractivity contribution in [3.63, 3.8) is 0 Å². The molecule has 0 spiro atoms. The number of amides is 3. The van der Waals surface area contributed by atoms with Gasteiger partial charge in [0, 0.05) is 31.2 Å². The predicted octanol–water partition coefficient (Wildman–Crippen LogP) is 2.04. The van der Waals surface area contributed by atoms with E-state index < -0.39 is 29.4 Å². The third kappa shape index (κ3) is 9.64. The fourth-order valence-corrected chi connectivity index (χ4v) is 3.54. The maximum atomic E-state index is 13.1. The van der Waals surface area contributed by atoms with Gasteiger partial charge in [-0.3, -0.25) is 24.2 Å². The summed E-state index contributed by atoms with van der Waals surface area (Å²) in [7, 11) is 1.25. The summed E-state index contributed by atoms with van der Waals surface area (Å²) in [4.78, 5) is 66.3. The van der Waals surface area contributed by atoms with Gasteiger partial charge in [-0.15, -0.1) is 0 Å². The predicted molar refractivity (Wildman–Crippen MR) is 142 cm³/mol. The van der Waals surface area contributed by atoms with Crippen LogP contribution in [0, 0.1) is 5.92 Å². The van der Waals surface area contributed by atoms with Crippen molar-refractivity contribution >= 4 is 29.4 Å². The number of rotatable bonds is 14. The molecule has 3 amide bonds. The second-order valence-corrected chi connectivity index (χ2v) is 8.60. The van der Waals surface area contributed by atoms with Crippen molar-refractivity contribution in [3.05, 3.63) is 70.9 Å². The number of allylic oxidation sites excluding steroid dienone is 1. The number of hydrogen-bond acceptors (Lipinski definition) is 7. The first-order valence-electron chi connectivity index (χ1n) is 12.5. The Labute approximate surface area is 221 Å². The number of hydrogen-bond donors (Lipinski definition) is 3. The molecule has 0 aromatic carbocycles. The van der Waals surface area contributed by atoms with Gasteiger partial charge < -0.3 is 25.3 Å². The first kappa shape index (κ1) is 29.9. The third-order valence-corrected chi connectivity index (χ3v) is 5.96. The fraction of sp³-hybridized carbons (Fsp3) is 0.407. The van der Waals surface area contributed by atoms with Crippen LogP contribution in [0.3, 0.4) is 0 Å². The molecule has 2 aromatic heterocycles. The van der Waals surface area contributed by atoms with E-state index in [4.69, 9.17) is 0 Å². The van der Waals surface area contributed by atoms with Gasteiger partial charge in [0.15, 0.2) is 0 Å². The molecular formula is C27H35N5O6. The number of carbonyl (C=O) groups is 4. The highest BCUT2D eigenvalue weighted by Crippen LogP contribution is 2.08. The number of pyridine rings is 2. The maximum absolute atomic E-state index is 13.1. The molecule has 0 unspecified atom stereocenters. The molecule has 0 aliphatic rings. The lowest BCUT2D eigenvalue weighted by atomic mass is 10.0. The minimum Gasteiger partial charge on any atom is -0.466 e. The van der Waals surface area contributed by atoms with E-state index in [1.165, 1.54) is 48.5 Å². The smallest absolute Gasteiger partial charge is 0.330 e. The zero-order chi connectivity index (χ0) is 27.9. The average Bonchev–Trinajstić information content (AvgIpc) is 2.93. The lowest BCUT2D eigenvalue weighted by Gasteiger charge is -2.18. The summed E-state index contributed by atoms with van der Waals surface area (Å²) in [6, 6.07) is 5.10. The van der Waals surface area contributed by atoms with Gasteiger partial charge in [0.05, 0.1) is 12.7 Å². The Morgan fingerprint density at radius 2 is 1.89 bits per heavy atom. The van der Waals surface area contributed by atoms with Crippen LogP contribution in [-0.2, 0) is 25.7 Å². The maximum Gasteiger partial charge on any atom is 0.330 e. The molecule has 1 atom stereocenters. The molecule has 0 aliphatic heterocycles. The zero-order valence-electron chi connectivity index (χ0n) is 21.9. The second kappa shape index (κ2) is 15.7. The van der Waals surface area contributed by atoms with Crippen LogP contribution < -0.4 is 21.5 Å². The Kier molecular flexibility index (Phi) is 12.4. The lowest BCUT2D eigenvalue weighted by molar-refractivity contribution is -0.134. The number of methoxy groups -OCH3 is 1. The highest BCUT2D eigenvalue weighted by atomic mass is 16.5. The number of ether oxygens (including phenoxy) is 1. The van der Waals surface area contributed by atoms with Crippen molar-refractivity contribution in [2.75, 3.05) is 19.0 Å². The minimum atomic E-state index is -1.03. The van der Waals surface area contributed by atoms with Gasteiger partial charge in [0.2, 0.25) is 11.8 Å². The number of nitrogens with zero attached hydrogens (tertiary/aromatic N) is 2. The summed E-state index contributed by atoms with van der Waals surface area (Å²) in [5.74, 6) is -1.63. The third-order valence-electron chi connectivity index (χ3n) is 5.96. The first-order valence-corrected chi connectivity index (χ1v) is 12.5. The zero-order valence-corrected chi connectivity index (χ0v) is 21.9. The Morgan fingerprint density at radius 1 is 1.13 bits per heavy atom. The molecule has 2 rings (SSSR count). The molecule has 0 saturated carbocycles. The van der Waals surface area contributed by atoms with Gasteiger partial charge in [-0.2, -0.15) is 0 Å². The average molecular weight is 526 g/mol. The van der Waals surface area contributed by atoms with Gasteiger partial charge in [-0.25, -0.2) is 4.79 Å². The van der Waals surface area contributed by atoms with Crippen LogP contribution in [-0.4, -0.2) is 52.9 Å². The van der Waals surface area contributed by atoms with E-state index in [-0.39, 0.29) is 36.5 Å². The van der Waals surface area contributed by atoms with Crippen LogP contribution >= 0.6 is 0 Å². The lowest BCUT2D eigenvalue weighted by Crippen LogP contribution is -2.44. The van der Waals surface area contributed by atoms with Crippen LogP contribution in [0.25, 0.3) is 0 Å². The van der Waals surface area contributed by atoms with Crippen LogP contribution in [0.1, 0.15) is 49.9 Å². The SMILES string of the molecule is CCC(CC)CNC(=O)Cn1cccc(NC(=O)[C@H](CC/C=C/C(=O)OC)NC(=O)c2cccnc2)c1=O. The topological polar surface area (TPSA) is 148 Å².